The molecule has 0 fully saturated rings. The summed E-state index contributed by atoms with van der Waals surface area (Å²) in [7, 11) is 0. The molecule has 0 saturated heterocycles. The van der Waals surface area contributed by atoms with Gasteiger partial charge >= 0.3 is 5.97 Å². The maximum atomic E-state index is 11.3. The van der Waals surface area contributed by atoms with Crippen LogP contribution < -0.4 is 5.73 Å². The summed E-state index contributed by atoms with van der Waals surface area (Å²) in [4.78, 5) is 11.3. The molecule has 2 N–H and O–H groups in total. The van der Waals surface area contributed by atoms with Crippen LogP contribution in [0.1, 0.15) is 12.5 Å². The number of hydrogen-bond donors (Lipinski definition) is 1. The van der Waals surface area contributed by atoms with Gasteiger partial charge in [-0.3, -0.25) is 4.79 Å². The third-order valence-electron chi connectivity index (χ3n) is 1.99. The molecule has 1 aromatic rings. The molecule has 1 atom stereocenters. The second kappa shape index (κ2) is 5.73. The number of halogens is 1. The molecule has 4 heteroatoms. The normalized spacial score (nSPS) is 12.2. The Kier molecular flexibility index (Phi) is 4.59. The van der Waals surface area contributed by atoms with Gasteiger partial charge in [-0.05, 0) is 25.0 Å². The molecule has 0 aliphatic carbocycles. The lowest BCUT2D eigenvalue weighted by Gasteiger charge is -2.11. The fraction of sp³-hybridized carbons (Fsp3) is 0.364. The maximum Gasteiger partial charge on any atom is 0.323 e. The van der Waals surface area contributed by atoms with Crippen LogP contribution in [0.5, 0.6) is 0 Å². The highest BCUT2D eigenvalue weighted by molar-refractivity contribution is 6.31. The molecule has 0 unspecified atom stereocenters. The minimum Gasteiger partial charge on any atom is -0.465 e. The van der Waals surface area contributed by atoms with Crippen LogP contribution in [0.4, 0.5) is 0 Å². The highest BCUT2D eigenvalue weighted by Gasteiger charge is 2.15. The Labute approximate surface area is 94.2 Å². The summed E-state index contributed by atoms with van der Waals surface area (Å²) >= 11 is 5.94. The number of carbonyl (C=O) groups excluding carboxylic acids is 1. The van der Waals surface area contributed by atoms with Crippen molar-refractivity contribution >= 4 is 17.6 Å². The molecule has 15 heavy (non-hydrogen) atoms. The lowest BCUT2D eigenvalue weighted by molar-refractivity contribution is -0.144. The highest BCUT2D eigenvalue weighted by Crippen LogP contribution is 2.16. The molecule has 0 aromatic heterocycles. The van der Waals surface area contributed by atoms with Crippen LogP contribution in [0.2, 0.25) is 5.02 Å². The molecule has 0 bridgehead atoms. The number of benzene rings is 1. The summed E-state index contributed by atoms with van der Waals surface area (Å²) in [6, 6.07) is 6.67. The molecule has 0 saturated carbocycles. The molecule has 0 radical (unpaired) electrons. The lowest BCUT2D eigenvalue weighted by atomic mass is 10.1. The standard InChI is InChI=1S/C11H14ClNO2/c1-2-15-11(14)10(13)7-8-5-3-4-6-9(8)12/h3-6,10H,2,7,13H2,1H3/t10-/m0/s1. The van der Waals surface area contributed by atoms with Crippen molar-refractivity contribution in [3.63, 3.8) is 0 Å². The van der Waals surface area contributed by atoms with Gasteiger partial charge in [0.05, 0.1) is 6.61 Å². The number of rotatable bonds is 4. The number of esters is 1. The van der Waals surface area contributed by atoms with Gasteiger partial charge in [-0.25, -0.2) is 0 Å². The van der Waals surface area contributed by atoms with Crippen molar-refractivity contribution < 1.29 is 9.53 Å². The fourth-order valence-corrected chi connectivity index (χ4v) is 1.45. The Bertz CT molecular complexity index is 341. The second-order valence-corrected chi connectivity index (χ2v) is 3.56. The zero-order valence-corrected chi connectivity index (χ0v) is 9.33. The quantitative estimate of drug-likeness (QED) is 0.798. The summed E-state index contributed by atoms with van der Waals surface area (Å²) in [5.41, 5.74) is 6.53. The molecule has 82 valence electrons. The Balaban J connectivity index is 2.62. The molecular formula is C11H14ClNO2. The van der Waals surface area contributed by atoms with Gasteiger partial charge in [-0.2, -0.15) is 0 Å². The van der Waals surface area contributed by atoms with Crippen molar-refractivity contribution in [3.05, 3.63) is 34.9 Å². The van der Waals surface area contributed by atoms with E-state index in [9.17, 15) is 4.79 Å². The second-order valence-electron chi connectivity index (χ2n) is 3.15. The SMILES string of the molecule is CCOC(=O)[C@@H](N)Cc1ccccc1Cl. The van der Waals surface area contributed by atoms with Gasteiger partial charge in [0, 0.05) is 5.02 Å². The van der Waals surface area contributed by atoms with Gasteiger partial charge in [0.25, 0.3) is 0 Å². The number of nitrogens with two attached hydrogens (primary N) is 1. The first-order valence-corrected chi connectivity index (χ1v) is 5.18. The van der Waals surface area contributed by atoms with Crippen LogP contribution in [0.25, 0.3) is 0 Å². The van der Waals surface area contributed by atoms with Crippen molar-refractivity contribution in [2.75, 3.05) is 6.61 Å². The van der Waals surface area contributed by atoms with Crippen LogP contribution in [-0.4, -0.2) is 18.6 Å². The Morgan fingerprint density at radius 2 is 2.20 bits per heavy atom. The summed E-state index contributed by atoms with van der Waals surface area (Å²) in [6.45, 7) is 2.09. The molecular weight excluding hydrogens is 214 g/mol. The first-order valence-electron chi connectivity index (χ1n) is 4.80. The maximum absolute atomic E-state index is 11.3. The first kappa shape index (κ1) is 12.0. The van der Waals surface area contributed by atoms with Crippen molar-refractivity contribution in [1.29, 1.82) is 0 Å². The van der Waals surface area contributed by atoms with Crippen LogP contribution >= 0.6 is 11.6 Å². The highest BCUT2D eigenvalue weighted by atomic mass is 35.5. The lowest BCUT2D eigenvalue weighted by Crippen LogP contribution is -2.34. The van der Waals surface area contributed by atoms with Crippen LogP contribution in [0.3, 0.4) is 0 Å². The van der Waals surface area contributed by atoms with Crippen LogP contribution in [0, 0.1) is 0 Å². The summed E-state index contributed by atoms with van der Waals surface area (Å²) in [5, 5.41) is 0.622. The number of hydrogen-bond acceptors (Lipinski definition) is 3. The van der Waals surface area contributed by atoms with Gasteiger partial charge < -0.3 is 10.5 Å². The molecule has 1 aromatic carbocycles. The van der Waals surface area contributed by atoms with E-state index in [1.54, 1.807) is 13.0 Å². The topological polar surface area (TPSA) is 52.3 Å². The molecule has 0 spiro atoms. The van der Waals surface area contributed by atoms with Gasteiger partial charge in [0.15, 0.2) is 0 Å². The molecule has 0 heterocycles. The van der Waals surface area contributed by atoms with Gasteiger partial charge in [-0.15, -0.1) is 0 Å². The van der Waals surface area contributed by atoms with Gasteiger partial charge in [0.2, 0.25) is 0 Å². The molecule has 0 aliphatic heterocycles. The van der Waals surface area contributed by atoms with E-state index in [-0.39, 0.29) is 0 Å². The molecule has 1 rings (SSSR count). The van der Waals surface area contributed by atoms with E-state index in [1.807, 2.05) is 18.2 Å². The van der Waals surface area contributed by atoms with E-state index in [0.29, 0.717) is 18.1 Å². The Morgan fingerprint density at radius 1 is 1.53 bits per heavy atom. The Hall–Kier alpha value is -1.06. The zero-order valence-electron chi connectivity index (χ0n) is 8.57. The largest absolute Gasteiger partial charge is 0.465 e. The third-order valence-corrected chi connectivity index (χ3v) is 2.36. The summed E-state index contributed by atoms with van der Waals surface area (Å²) in [5.74, 6) is -0.391. The molecule has 3 nitrogen and oxygen atoms in total. The van der Waals surface area contributed by atoms with E-state index in [1.165, 1.54) is 0 Å². The van der Waals surface area contributed by atoms with Crippen LogP contribution in [-0.2, 0) is 16.0 Å². The predicted molar refractivity (Wildman–Crippen MR) is 59.8 cm³/mol. The molecule has 0 amide bonds. The average Bonchev–Trinajstić information content (AvgIpc) is 2.21. The van der Waals surface area contributed by atoms with E-state index < -0.39 is 12.0 Å². The number of ether oxygens (including phenoxy) is 1. The van der Waals surface area contributed by atoms with Gasteiger partial charge in [0.1, 0.15) is 6.04 Å². The zero-order chi connectivity index (χ0) is 11.3. The van der Waals surface area contributed by atoms with Gasteiger partial charge in [-0.1, -0.05) is 29.8 Å². The monoisotopic (exact) mass is 227 g/mol. The van der Waals surface area contributed by atoms with Crippen molar-refractivity contribution in [3.8, 4) is 0 Å². The fourth-order valence-electron chi connectivity index (χ4n) is 1.23. The van der Waals surface area contributed by atoms with E-state index in [2.05, 4.69) is 0 Å². The summed E-state index contributed by atoms with van der Waals surface area (Å²) in [6.07, 6.45) is 0.401. The minimum atomic E-state index is -0.648. The third kappa shape index (κ3) is 3.53. The predicted octanol–water partition coefficient (Wildman–Crippen LogP) is 1.77. The number of carbonyl (C=O) groups is 1. The van der Waals surface area contributed by atoms with E-state index in [0.717, 1.165) is 5.56 Å². The van der Waals surface area contributed by atoms with Crippen molar-refractivity contribution in [2.24, 2.45) is 5.73 Å². The summed E-state index contributed by atoms with van der Waals surface area (Å²) < 4.78 is 4.81. The van der Waals surface area contributed by atoms with E-state index >= 15 is 0 Å². The van der Waals surface area contributed by atoms with Crippen LogP contribution in [0.15, 0.2) is 24.3 Å². The average molecular weight is 228 g/mol. The minimum absolute atomic E-state index is 0.342. The first-order chi connectivity index (χ1) is 7.15. The molecule has 0 aliphatic rings. The van der Waals surface area contributed by atoms with Crippen molar-refractivity contribution in [2.45, 2.75) is 19.4 Å². The Morgan fingerprint density at radius 3 is 2.80 bits per heavy atom. The van der Waals surface area contributed by atoms with E-state index in [4.69, 9.17) is 22.1 Å². The smallest absolute Gasteiger partial charge is 0.323 e. The van der Waals surface area contributed by atoms with Crippen molar-refractivity contribution in [1.82, 2.24) is 0 Å².